The Morgan fingerprint density at radius 1 is 0.500 bits per heavy atom. The molecule has 0 N–H and O–H groups in total. The summed E-state index contributed by atoms with van der Waals surface area (Å²) in [5.41, 5.74) is 4.37. The monoisotopic (exact) mass is 564 g/mol. The molecular formula is C37H40O5. The molecule has 0 saturated carbocycles. The largest absolute Gasteiger partial charge is 0.374 e. The molecule has 0 spiro atoms. The van der Waals surface area contributed by atoms with E-state index in [0.29, 0.717) is 39.5 Å². The maximum Gasteiger partial charge on any atom is 0.115 e. The third-order valence-electron chi connectivity index (χ3n) is 7.38. The molecule has 0 radical (unpaired) electrons. The van der Waals surface area contributed by atoms with E-state index in [1.807, 2.05) is 78.9 Å². The third kappa shape index (κ3) is 8.71. The van der Waals surface area contributed by atoms with Crippen molar-refractivity contribution in [3.8, 4) is 0 Å². The van der Waals surface area contributed by atoms with Gasteiger partial charge in [-0.2, -0.15) is 0 Å². The van der Waals surface area contributed by atoms with E-state index < -0.39 is 12.2 Å². The Balaban J connectivity index is 1.40. The molecule has 1 saturated heterocycles. The van der Waals surface area contributed by atoms with Crippen molar-refractivity contribution in [2.24, 2.45) is 0 Å². The average Bonchev–Trinajstić information content (AvgIpc) is 3.05. The highest BCUT2D eigenvalue weighted by atomic mass is 16.6. The van der Waals surface area contributed by atoms with Gasteiger partial charge < -0.3 is 23.7 Å². The number of rotatable bonds is 15. The second-order valence-corrected chi connectivity index (χ2v) is 10.5. The molecule has 1 heterocycles. The van der Waals surface area contributed by atoms with E-state index in [0.717, 1.165) is 22.3 Å². The van der Waals surface area contributed by atoms with Crippen LogP contribution in [0.15, 0.2) is 134 Å². The lowest BCUT2D eigenvalue weighted by Gasteiger charge is -2.46. The molecule has 0 aliphatic carbocycles. The van der Waals surface area contributed by atoms with E-state index in [4.69, 9.17) is 23.7 Å². The standard InChI is InChI=1S/C37H40O5/c1-2-15-33-35(39-25-30-18-9-4-10-19-30)37(41-27-32-22-13-6-14-23-32)36(40-26-31-20-11-5-12-21-31)34(42-33)28-38-24-29-16-7-3-8-17-29/h2-14,16-23,33-37H,1,15,24-28H2/t33?,34-,35+,36-,37-/m1/s1. The lowest BCUT2D eigenvalue weighted by Crippen LogP contribution is -2.61. The fourth-order valence-electron chi connectivity index (χ4n) is 5.24. The van der Waals surface area contributed by atoms with E-state index >= 15 is 0 Å². The normalized spacial score (nSPS) is 22.0. The van der Waals surface area contributed by atoms with E-state index in [9.17, 15) is 0 Å². The Morgan fingerprint density at radius 2 is 0.881 bits per heavy atom. The van der Waals surface area contributed by atoms with Crippen molar-refractivity contribution in [3.05, 3.63) is 156 Å². The van der Waals surface area contributed by atoms with E-state index in [2.05, 4.69) is 55.1 Å². The second kappa shape index (κ2) is 16.2. The van der Waals surface area contributed by atoms with Crippen molar-refractivity contribution in [2.45, 2.75) is 63.4 Å². The first kappa shape index (κ1) is 29.9. The molecule has 0 bridgehead atoms. The summed E-state index contributed by atoms with van der Waals surface area (Å²) in [4.78, 5) is 0. The molecule has 5 nitrogen and oxygen atoms in total. The van der Waals surface area contributed by atoms with Crippen molar-refractivity contribution >= 4 is 0 Å². The maximum atomic E-state index is 6.72. The SMILES string of the molecule is C=CCC1O[C@H](COCc2ccccc2)[C@@H](OCc2ccccc2)[C@H](OCc2ccccc2)[C@H]1OCc1ccccc1. The van der Waals surface area contributed by atoms with Crippen molar-refractivity contribution in [1.29, 1.82) is 0 Å². The molecule has 0 amide bonds. The van der Waals surface area contributed by atoms with Gasteiger partial charge in [0.1, 0.15) is 24.4 Å². The second-order valence-electron chi connectivity index (χ2n) is 10.5. The molecule has 1 aliphatic heterocycles. The number of hydrogen-bond donors (Lipinski definition) is 0. The summed E-state index contributed by atoms with van der Waals surface area (Å²) < 4.78 is 32.9. The fourth-order valence-corrected chi connectivity index (χ4v) is 5.24. The lowest BCUT2D eigenvalue weighted by molar-refractivity contribution is -0.271. The highest BCUT2D eigenvalue weighted by molar-refractivity contribution is 5.16. The zero-order valence-electron chi connectivity index (χ0n) is 24.0. The molecule has 4 aromatic carbocycles. The minimum absolute atomic E-state index is 0.270. The molecule has 1 fully saturated rings. The van der Waals surface area contributed by atoms with Gasteiger partial charge in [0.25, 0.3) is 0 Å². The highest BCUT2D eigenvalue weighted by Crippen LogP contribution is 2.32. The Kier molecular flexibility index (Phi) is 11.5. The summed E-state index contributed by atoms with van der Waals surface area (Å²) in [6.07, 6.45) is 0.663. The van der Waals surface area contributed by atoms with Crippen LogP contribution >= 0.6 is 0 Å². The summed E-state index contributed by atoms with van der Waals surface area (Å²) in [5.74, 6) is 0. The van der Waals surface area contributed by atoms with Gasteiger partial charge in [-0.05, 0) is 28.7 Å². The summed E-state index contributed by atoms with van der Waals surface area (Å²) in [7, 11) is 0. The Hall–Kier alpha value is -3.58. The van der Waals surface area contributed by atoms with Crippen molar-refractivity contribution in [2.75, 3.05) is 6.61 Å². The van der Waals surface area contributed by atoms with E-state index in [1.165, 1.54) is 0 Å². The van der Waals surface area contributed by atoms with E-state index in [1.54, 1.807) is 0 Å². The number of hydrogen-bond acceptors (Lipinski definition) is 5. The van der Waals surface area contributed by atoms with Gasteiger partial charge in [-0.3, -0.25) is 0 Å². The van der Waals surface area contributed by atoms with Crippen LogP contribution in [-0.4, -0.2) is 37.1 Å². The van der Waals surface area contributed by atoms with Crippen LogP contribution in [0.5, 0.6) is 0 Å². The summed E-state index contributed by atoms with van der Waals surface area (Å²) in [6, 6.07) is 40.7. The van der Waals surface area contributed by atoms with Gasteiger partial charge in [-0.1, -0.05) is 127 Å². The van der Waals surface area contributed by atoms with Crippen LogP contribution in [0.2, 0.25) is 0 Å². The summed E-state index contributed by atoms with van der Waals surface area (Å²) >= 11 is 0. The predicted molar refractivity (Wildman–Crippen MR) is 165 cm³/mol. The van der Waals surface area contributed by atoms with Crippen LogP contribution in [-0.2, 0) is 50.1 Å². The lowest BCUT2D eigenvalue weighted by atomic mass is 9.92. The van der Waals surface area contributed by atoms with Gasteiger partial charge in [0, 0.05) is 0 Å². The summed E-state index contributed by atoms with van der Waals surface area (Å²) in [6.45, 7) is 6.15. The number of ether oxygens (including phenoxy) is 5. The van der Waals surface area contributed by atoms with Crippen molar-refractivity contribution in [1.82, 2.24) is 0 Å². The topological polar surface area (TPSA) is 46.2 Å². The van der Waals surface area contributed by atoms with Crippen LogP contribution in [0.3, 0.4) is 0 Å². The molecule has 0 aromatic heterocycles. The molecule has 42 heavy (non-hydrogen) atoms. The van der Waals surface area contributed by atoms with Crippen molar-refractivity contribution < 1.29 is 23.7 Å². The molecule has 1 unspecified atom stereocenters. The summed E-state index contributed by atoms with van der Waals surface area (Å²) in [5, 5.41) is 0. The third-order valence-corrected chi connectivity index (χ3v) is 7.38. The van der Waals surface area contributed by atoms with Gasteiger partial charge in [0.05, 0.1) is 39.1 Å². The van der Waals surface area contributed by atoms with Crippen LogP contribution < -0.4 is 0 Å². The first-order chi connectivity index (χ1) is 20.8. The van der Waals surface area contributed by atoms with Gasteiger partial charge >= 0.3 is 0 Å². The predicted octanol–water partition coefficient (Wildman–Crippen LogP) is 7.30. The molecule has 4 aromatic rings. The first-order valence-corrected chi connectivity index (χ1v) is 14.6. The van der Waals surface area contributed by atoms with E-state index in [-0.39, 0.29) is 18.3 Å². The van der Waals surface area contributed by atoms with Crippen molar-refractivity contribution in [3.63, 3.8) is 0 Å². The maximum absolute atomic E-state index is 6.72. The molecule has 1 aliphatic rings. The van der Waals surface area contributed by atoms with Gasteiger partial charge in [0.2, 0.25) is 0 Å². The first-order valence-electron chi connectivity index (χ1n) is 14.6. The molecule has 5 heteroatoms. The smallest absolute Gasteiger partial charge is 0.115 e. The minimum Gasteiger partial charge on any atom is -0.374 e. The van der Waals surface area contributed by atoms with Crippen LogP contribution in [0.25, 0.3) is 0 Å². The Bertz CT molecular complexity index is 1300. The molecular weight excluding hydrogens is 524 g/mol. The van der Waals surface area contributed by atoms with Crippen LogP contribution in [0.4, 0.5) is 0 Å². The minimum atomic E-state index is -0.425. The number of benzene rings is 4. The molecule has 5 rings (SSSR count). The fraction of sp³-hybridized carbons (Fsp3) is 0.297. The van der Waals surface area contributed by atoms with Gasteiger partial charge in [-0.15, -0.1) is 6.58 Å². The Morgan fingerprint density at radius 3 is 1.31 bits per heavy atom. The quantitative estimate of drug-likeness (QED) is 0.142. The Labute approximate surface area is 249 Å². The van der Waals surface area contributed by atoms with Gasteiger partial charge in [0.15, 0.2) is 0 Å². The highest BCUT2D eigenvalue weighted by Gasteiger charge is 2.48. The van der Waals surface area contributed by atoms with Crippen LogP contribution in [0, 0.1) is 0 Å². The molecule has 5 atom stereocenters. The zero-order valence-corrected chi connectivity index (χ0v) is 24.0. The zero-order chi connectivity index (χ0) is 28.8. The molecule has 218 valence electrons. The van der Waals surface area contributed by atoms with Gasteiger partial charge in [-0.25, -0.2) is 0 Å². The van der Waals surface area contributed by atoms with Crippen LogP contribution in [0.1, 0.15) is 28.7 Å². The average molecular weight is 565 g/mol.